The molecule has 1 N–H and O–H groups in total. The quantitative estimate of drug-likeness (QED) is 0.637. The van der Waals surface area contributed by atoms with E-state index in [-0.39, 0.29) is 5.75 Å². The molecule has 1 aliphatic rings. The molecule has 0 amide bonds. The zero-order chi connectivity index (χ0) is 9.71. The van der Waals surface area contributed by atoms with Gasteiger partial charge in [-0.3, -0.25) is 0 Å². The molecule has 0 radical (unpaired) electrons. The van der Waals surface area contributed by atoms with Crippen molar-refractivity contribution in [3.05, 3.63) is 34.2 Å². The molecule has 0 saturated heterocycles. The summed E-state index contributed by atoms with van der Waals surface area (Å²) in [5, 5.41) is 10.1. The normalized spacial score (nSPS) is 13.1. The van der Waals surface area contributed by atoms with Crippen LogP contribution >= 0.6 is 0 Å². The molecule has 0 unspecified atom stereocenters. The lowest BCUT2D eigenvalue weighted by Gasteiger charge is -1.98. The molecule has 3 rings (SSSR count). The summed E-state index contributed by atoms with van der Waals surface area (Å²) in [5.74, 6) is 0.605. The van der Waals surface area contributed by atoms with Crippen LogP contribution in [0.1, 0.15) is 5.56 Å². The number of aromatic hydroxyl groups is 1. The molecular formula is C10H6O4. The maximum atomic E-state index is 11.1. The molecule has 1 aliphatic heterocycles. The van der Waals surface area contributed by atoms with Gasteiger partial charge in [0.2, 0.25) is 0 Å². The minimum absolute atomic E-state index is 0.0368. The number of phenolic OH excluding ortho intramolecular Hbond substituents is 1. The summed E-state index contributed by atoms with van der Waals surface area (Å²) in [5.41, 5.74) is 0.765. The maximum absolute atomic E-state index is 11.1. The van der Waals surface area contributed by atoms with Crippen molar-refractivity contribution in [1.82, 2.24) is 0 Å². The molecule has 4 heteroatoms. The van der Waals surface area contributed by atoms with Crippen molar-refractivity contribution in [3.63, 3.8) is 0 Å². The third-order valence-electron chi connectivity index (χ3n) is 2.26. The smallest absolute Gasteiger partial charge is 0.336 e. The lowest BCUT2D eigenvalue weighted by atomic mass is 10.1. The Kier molecular flexibility index (Phi) is 1.21. The van der Waals surface area contributed by atoms with Gasteiger partial charge in [0.1, 0.15) is 23.7 Å². The van der Waals surface area contributed by atoms with Gasteiger partial charge in [-0.1, -0.05) is 0 Å². The van der Waals surface area contributed by atoms with Crippen molar-refractivity contribution < 1.29 is 14.3 Å². The number of phenols is 1. The molecule has 0 atom stereocenters. The van der Waals surface area contributed by atoms with Gasteiger partial charge in [0.15, 0.2) is 0 Å². The molecular weight excluding hydrogens is 184 g/mol. The standard InChI is InChI=1S/C10H6O4/c11-6-2-7-10-5(4-13-7)1-9(12)14-8(10)3-6/h1-3,11H,4H2. The van der Waals surface area contributed by atoms with E-state index in [2.05, 4.69) is 0 Å². The third kappa shape index (κ3) is 0.849. The topological polar surface area (TPSA) is 59.7 Å². The van der Waals surface area contributed by atoms with Crippen molar-refractivity contribution in [2.75, 3.05) is 0 Å². The lowest BCUT2D eigenvalue weighted by Crippen LogP contribution is -1.98. The van der Waals surface area contributed by atoms with E-state index >= 15 is 0 Å². The first kappa shape index (κ1) is 7.44. The van der Waals surface area contributed by atoms with Crippen LogP contribution in [0.5, 0.6) is 11.5 Å². The highest BCUT2D eigenvalue weighted by molar-refractivity contribution is 5.89. The predicted octanol–water partition coefficient (Wildman–Crippen LogP) is 1.39. The van der Waals surface area contributed by atoms with Gasteiger partial charge in [-0.2, -0.15) is 0 Å². The van der Waals surface area contributed by atoms with Gasteiger partial charge in [-0.05, 0) is 0 Å². The number of hydrogen-bond acceptors (Lipinski definition) is 4. The Labute approximate surface area is 78.3 Å². The van der Waals surface area contributed by atoms with Gasteiger partial charge in [-0.15, -0.1) is 0 Å². The summed E-state index contributed by atoms with van der Waals surface area (Å²) >= 11 is 0. The molecule has 70 valence electrons. The van der Waals surface area contributed by atoms with Crippen LogP contribution in [0, 0.1) is 0 Å². The van der Waals surface area contributed by atoms with Gasteiger partial charge >= 0.3 is 5.63 Å². The number of rotatable bonds is 0. The van der Waals surface area contributed by atoms with Crippen LogP contribution < -0.4 is 10.4 Å². The van der Waals surface area contributed by atoms with Gasteiger partial charge in [0.05, 0.1) is 5.39 Å². The van der Waals surface area contributed by atoms with E-state index in [0.717, 1.165) is 10.9 Å². The second-order valence-corrected chi connectivity index (χ2v) is 3.20. The number of hydrogen-bond donors (Lipinski definition) is 1. The Morgan fingerprint density at radius 1 is 1.29 bits per heavy atom. The van der Waals surface area contributed by atoms with E-state index in [0.29, 0.717) is 17.9 Å². The van der Waals surface area contributed by atoms with Crippen LogP contribution in [0.4, 0.5) is 0 Å². The first-order valence-electron chi connectivity index (χ1n) is 4.16. The van der Waals surface area contributed by atoms with Crippen LogP contribution in [-0.2, 0) is 6.61 Å². The molecule has 14 heavy (non-hydrogen) atoms. The first-order valence-corrected chi connectivity index (χ1v) is 4.16. The average molecular weight is 190 g/mol. The number of ether oxygens (including phenoxy) is 1. The van der Waals surface area contributed by atoms with Crippen LogP contribution in [0.3, 0.4) is 0 Å². The fraction of sp³-hybridized carbons (Fsp3) is 0.100. The second-order valence-electron chi connectivity index (χ2n) is 3.20. The Bertz CT molecular complexity index is 582. The van der Waals surface area contributed by atoms with Gasteiger partial charge in [0, 0.05) is 23.8 Å². The summed E-state index contributed by atoms with van der Waals surface area (Å²) in [4.78, 5) is 11.1. The number of benzene rings is 1. The highest BCUT2D eigenvalue weighted by Crippen LogP contribution is 2.37. The minimum atomic E-state index is -0.422. The monoisotopic (exact) mass is 190 g/mol. The van der Waals surface area contributed by atoms with Crippen molar-refractivity contribution in [3.8, 4) is 11.5 Å². The summed E-state index contributed by atoms with van der Waals surface area (Å²) in [6.45, 7) is 0.362. The molecule has 0 fully saturated rings. The van der Waals surface area contributed by atoms with Crippen LogP contribution in [-0.4, -0.2) is 5.11 Å². The largest absolute Gasteiger partial charge is 0.508 e. The van der Waals surface area contributed by atoms with Gasteiger partial charge in [0.25, 0.3) is 0 Å². The lowest BCUT2D eigenvalue weighted by molar-refractivity contribution is 0.325. The average Bonchev–Trinajstić information content (AvgIpc) is 2.48. The van der Waals surface area contributed by atoms with E-state index in [1.54, 1.807) is 0 Å². The fourth-order valence-corrected chi connectivity index (χ4v) is 1.71. The highest BCUT2D eigenvalue weighted by atomic mass is 16.5. The third-order valence-corrected chi connectivity index (χ3v) is 2.26. The Hall–Kier alpha value is -1.97. The summed E-state index contributed by atoms with van der Waals surface area (Å²) in [6, 6.07) is 4.34. The van der Waals surface area contributed by atoms with Crippen LogP contribution in [0.15, 0.2) is 27.4 Å². The zero-order valence-corrected chi connectivity index (χ0v) is 7.11. The zero-order valence-electron chi connectivity index (χ0n) is 7.11. The summed E-state index contributed by atoms with van der Waals surface area (Å²) < 4.78 is 10.2. The highest BCUT2D eigenvalue weighted by Gasteiger charge is 2.18. The molecule has 1 aromatic carbocycles. The van der Waals surface area contributed by atoms with Crippen molar-refractivity contribution >= 4 is 11.0 Å². The summed E-state index contributed by atoms with van der Waals surface area (Å²) in [7, 11) is 0. The molecule has 0 aliphatic carbocycles. The predicted molar refractivity (Wildman–Crippen MR) is 48.5 cm³/mol. The van der Waals surface area contributed by atoms with E-state index in [9.17, 15) is 9.90 Å². The Balaban J connectivity index is 2.57. The molecule has 2 heterocycles. The molecule has 0 bridgehead atoms. The van der Waals surface area contributed by atoms with Gasteiger partial charge < -0.3 is 14.3 Å². The van der Waals surface area contributed by atoms with Crippen LogP contribution in [0.2, 0.25) is 0 Å². The first-order chi connectivity index (χ1) is 6.74. The van der Waals surface area contributed by atoms with Crippen molar-refractivity contribution in [1.29, 1.82) is 0 Å². The SMILES string of the molecule is O=c1cc2c3c(cc(O)cc3o1)OC2. The van der Waals surface area contributed by atoms with Crippen LogP contribution in [0.25, 0.3) is 11.0 Å². The fourth-order valence-electron chi connectivity index (χ4n) is 1.71. The van der Waals surface area contributed by atoms with Crippen molar-refractivity contribution in [2.45, 2.75) is 6.61 Å². The van der Waals surface area contributed by atoms with E-state index in [4.69, 9.17) is 9.15 Å². The van der Waals surface area contributed by atoms with Gasteiger partial charge in [-0.25, -0.2) is 4.79 Å². The molecule has 0 spiro atoms. The van der Waals surface area contributed by atoms with E-state index < -0.39 is 5.63 Å². The Morgan fingerprint density at radius 2 is 2.14 bits per heavy atom. The minimum Gasteiger partial charge on any atom is -0.508 e. The Morgan fingerprint density at radius 3 is 3.00 bits per heavy atom. The van der Waals surface area contributed by atoms with E-state index in [1.165, 1.54) is 18.2 Å². The van der Waals surface area contributed by atoms with Crippen molar-refractivity contribution in [2.24, 2.45) is 0 Å². The molecule has 2 aromatic rings. The second kappa shape index (κ2) is 2.29. The van der Waals surface area contributed by atoms with E-state index in [1.807, 2.05) is 0 Å². The molecule has 1 aromatic heterocycles. The maximum Gasteiger partial charge on any atom is 0.336 e. The summed E-state index contributed by atoms with van der Waals surface area (Å²) in [6.07, 6.45) is 0. The molecule has 0 saturated carbocycles. The molecule has 4 nitrogen and oxygen atoms in total.